The first kappa shape index (κ1) is 24.5. The standard InChI is InChI=1S/C26H32F3N3O2/c1-30-14-6-5-9-23(33)31-16-19-11-12-20-24(17-7-3-2-4-8-17)32-22-13-10-18(26(27,28)29)15-21(22)25(20)34-19/h2-4,7-8,10,13,15,19-20,24-25,30,32H,5-6,9,11-12,14,16H2,1H3,(H,31,33)/t19?,20?,24-,25?/m0/s1. The number of amides is 1. The molecular formula is C26H32F3N3O2. The summed E-state index contributed by atoms with van der Waals surface area (Å²) in [6.07, 6.45) is -1.42. The SMILES string of the molecule is CNCCCCC(=O)NCC1CCC2C(O1)c1cc(C(F)(F)F)ccc1N[C@H]2c1ccccc1. The molecule has 3 N–H and O–H groups in total. The van der Waals surface area contributed by atoms with E-state index in [4.69, 9.17) is 4.74 Å². The van der Waals surface area contributed by atoms with Crippen LogP contribution in [0.4, 0.5) is 18.9 Å². The van der Waals surface area contributed by atoms with Crippen molar-refractivity contribution in [2.24, 2.45) is 5.92 Å². The van der Waals surface area contributed by atoms with Gasteiger partial charge in [0.1, 0.15) is 0 Å². The predicted molar refractivity (Wildman–Crippen MR) is 125 cm³/mol. The zero-order valence-corrected chi connectivity index (χ0v) is 19.3. The molecule has 0 radical (unpaired) electrons. The van der Waals surface area contributed by atoms with Gasteiger partial charge < -0.3 is 20.7 Å². The van der Waals surface area contributed by atoms with Crippen LogP contribution in [-0.2, 0) is 15.7 Å². The molecule has 1 amide bonds. The quantitative estimate of drug-likeness (QED) is 0.459. The molecule has 34 heavy (non-hydrogen) atoms. The second kappa shape index (κ2) is 10.8. The van der Waals surface area contributed by atoms with Crippen molar-refractivity contribution < 1.29 is 22.7 Å². The molecule has 3 unspecified atom stereocenters. The summed E-state index contributed by atoms with van der Waals surface area (Å²) in [4.78, 5) is 12.2. The van der Waals surface area contributed by atoms with E-state index in [9.17, 15) is 18.0 Å². The lowest BCUT2D eigenvalue weighted by Gasteiger charge is -2.46. The van der Waals surface area contributed by atoms with Crippen LogP contribution in [0.1, 0.15) is 60.9 Å². The normalized spacial score (nSPS) is 24.0. The summed E-state index contributed by atoms with van der Waals surface area (Å²) < 4.78 is 46.7. The number of benzene rings is 2. The molecule has 0 aromatic heterocycles. The van der Waals surface area contributed by atoms with E-state index < -0.39 is 17.8 Å². The van der Waals surface area contributed by atoms with E-state index >= 15 is 0 Å². The van der Waals surface area contributed by atoms with Gasteiger partial charge in [0.25, 0.3) is 0 Å². The van der Waals surface area contributed by atoms with E-state index in [1.807, 2.05) is 37.4 Å². The second-order valence-electron chi connectivity index (χ2n) is 9.12. The molecule has 2 aliphatic rings. The van der Waals surface area contributed by atoms with Gasteiger partial charge in [-0.2, -0.15) is 13.2 Å². The van der Waals surface area contributed by atoms with Crippen molar-refractivity contribution in [1.82, 2.24) is 10.6 Å². The topological polar surface area (TPSA) is 62.4 Å². The maximum absolute atomic E-state index is 13.4. The molecule has 0 saturated carbocycles. The minimum Gasteiger partial charge on any atom is -0.378 e. The van der Waals surface area contributed by atoms with E-state index in [2.05, 4.69) is 16.0 Å². The van der Waals surface area contributed by atoms with Gasteiger partial charge in [-0.15, -0.1) is 0 Å². The number of anilines is 1. The number of carbonyl (C=O) groups excluding carboxylic acids is 1. The van der Waals surface area contributed by atoms with Gasteiger partial charge >= 0.3 is 6.18 Å². The average Bonchev–Trinajstić information content (AvgIpc) is 2.84. The summed E-state index contributed by atoms with van der Waals surface area (Å²) >= 11 is 0. The minimum atomic E-state index is -4.42. The summed E-state index contributed by atoms with van der Waals surface area (Å²) in [7, 11) is 1.88. The highest BCUT2D eigenvalue weighted by molar-refractivity contribution is 5.75. The number of carbonyl (C=O) groups is 1. The predicted octanol–water partition coefficient (Wildman–Crippen LogP) is 5.21. The number of hydrogen-bond donors (Lipinski definition) is 3. The third-order valence-corrected chi connectivity index (χ3v) is 6.74. The van der Waals surface area contributed by atoms with Crippen LogP contribution in [0.5, 0.6) is 0 Å². The smallest absolute Gasteiger partial charge is 0.378 e. The number of rotatable bonds is 8. The lowest BCUT2D eigenvalue weighted by atomic mass is 9.76. The van der Waals surface area contributed by atoms with Gasteiger partial charge in [0.2, 0.25) is 5.91 Å². The molecular weight excluding hydrogens is 443 g/mol. The zero-order chi connectivity index (χ0) is 24.1. The maximum atomic E-state index is 13.4. The highest BCUT2D eigenvalue weighted by Gasteiger charge is 2.43. The van der Waals surface area contributed by atoms with Crippen molar-refractivity contribution >= 4 is 11.6 Å². The van der Waals surface area contributed by atoms with Crippen molar-refractivity contribution in [3.63, 3.8) is 0 Å². The molecule has 184 valence electrons. The summed E-state index contributed by atoms with van der Waals surface area (Å²) in [6, 6.07) is 13.7. The first-order valence-electron chi connectivity index (χ1n) is 12.0. The van der Waals surface area contributed by atoms with Gasteiger partial charge in [-0.05, 0) is 63.0 Å². The molecule has 2 heterocycles. The number of alkyl halides is 3. The third-order valence-electron chi connectivity index (χ3n) is 6.74. The highest BCUT2D eigenvalue weighted by Crippen LogP contribution is 2.51. The lowest BCUT2D eigenvalue weighted by Crippen LogP contribution is -2.43. The molecule has 2 aromatic rings. The Morgan fingerprint density at radius 2 is 1.91 bits per heavy atom. The molecule has 0 bridgehead atoms. The van der Waals surface area contributed by atoms with Crippen molar-refractivity contribution in [1.29, 1.82) is 0 Å². The van der Waals surface area contributed by atoms with Gasteiger partial charge in [0.05, 0.1) is 23.8 Å². The van der Waals surface area contributed by atoms with Crippen molar-refractivity contribution in [3.8, 4) is 0 Å². The number of unbranched alkanes of at least 4 members (excludes halogenated alkanes) is 1. The Bertz CT molecular complexity index is 968. The van der Waals surface area contributed by atoms with Gasteiger partial charge in [-0.1, -0.05) is 30.3 Å². The molecule has 2 aliphatic heterocycles. The molecule has 4 atom stereocenters. The summed E-state index contributed by atoms with van der Waals surface area (Å²) in [6.45, 7) is 1.24. The Kier molecular flexibility index (Phi) is 7.78. The average molecular weight is 476 g/mol. The molecule has 0 spiro atoms. The Labute approximate surface area is 198 Å². The van der Waals surface area contributed by atoms with Crippen molar-refractivity contribution in [3.05, 3.63) is 65.2 Å². The largest absolute Gasteiger partial charge is 0.416 e. The Hall–Kier alpha value is -2.58. The summed E-state index contributed by atoms with van der Waals surface area (Å²) in [5, 5.41) is 9.48. The molecule has 5 nitrogen and oxygen atoms in total. The van der Waals surface area contributed by atoms with E-state index in [1.54, 1.807) is 0 Å². The lowest BCUT2D eigenvalue weighted by molar-refractivity contribution is -0.138. The third kappa shape index (κ3) is 5.73. The van der Waals surface area contributed by atoms with Crippen LogP contribution in [0, 0.1) is 5.92 Å². The van der Waals surface area contributed by atoms with Crippen molar-refractivity contribution in [2.75, 3.05) is 25.5 Å². The molecule has 1 saturated heterocycles. The zero-order valence-electron chi connectivity index (χ0n) is 19.3. The molecule has 0 aliphatic carbocycles. The number of ether oxygens (including phenoxy) is 1. The first-order valence-corrected chi connectivity index (χ1v) is 12.0. The first-order chi connectivity index (χ1) is 16.4. The number of nitrogens with one attached hydrogen (secondary N) is 3. The van der Waals surface area contributed by atoms with E-state index in [0.717, 1.165) is 43.9 Å². The van der Waals surface area contributed by atoms with Crippen LogP contribution in [0.15, 0.2) is 48.5 Å². The Morgan fingerprint density at radius 3 is 2.65 bits per heavy atom. The monoisotopic (exact) mass is 475 g/mol. The number of fused-ring (bicyclic) bond motifs is 3. The Balaban J connectivity index is 1.51. The van der Waals surface area contributed by atoms with Crippen LogP contribution < -0.4 is 16.0 Å². The minimum absolute atomic E-state index is 0.00752. The fraction of sp³-hybridized carbons (Fsp3) is 0.500. The fourth-order valence-electron chi connectivity index (χ4n) is 4.98. The summed E-state index contributed by atoms with van der Waals surface area (Å²) in [5.41, 5.74) is 1.61. The molecule has 4 rings (SSSR count). The van der Waals surface area contributed by atoms with Gasteiger partial charge in [-0.25, -0.2) is 0 Å². The van der Waals surface area contributed by atoms with Crippen LogP contribution >= 0.6 is 0 Å². The van der Waals surface area contributed by atoms with Gasteiger partial charge in [0, 0.05) is 30.1 Å². The summed E-state index contributed by atoms with van der Waals surface area (Å²) in [5.74, 6) is -0.0269. The number of hydrogen-bond acceptors (Lipinski definition) is 4. The highest BCUT2D eigenvalue weighted by atomic mass is 19.4. The van der Waals surface area contributed by atoms with Crippen LogP contribution in [0.2, 0.25) is 0 Å². The van der Waals surface area contributed by atoms with E-state index in [0.29, 0.717) is 24.2 Å². The Morgan fingerprint density at radius 1 is 1.12 bits per heavy atom. The van der Waals surface area contributed by atoms with Crippen LogP contribution in [0.3, 0.4) is 0 Å². The molecule has 2 aromatic carbocycles. The fourth-order valence-corrected chi connectivity index (χ4v) is 4.98. The molecule has 8 heteroatoms. The van der Waals surface area contributed by atoms with Crippen molar-refractivity contribution in [2.45, 2.75) is 56.5 Å². The molecule has 1 fully saturated rings. The van der Waals surface area contributed by atoms with Gasteiger partial charge in [-0.3, -0.25) is 4.79 Å². The van der Waals surface area contributed by atoms with E-state index in [-0.39, 0.29) is 24.0 Å². The number of halogens is 3. The second-order valence-corrected chi connectivity index (χ2v) is 9.12. The van der Waals surface area contributed by atoms with E-state index in [1.165, 1.54) is 12.1 Å². The van der Waals surface area contributed by atoms with Crippen LogP contribution in [0.25, 0.3) is 0 Å². The van der Waals surface area contributed by atoms with Crippen LogP contribution in [-0.4, -0.2) is 32.1 Å². The van der Waals surface area contributed by atoms with Gasteiger partial charge in [0.15, 0.2) is 0 Å². The maximum Gasteiger partial charge on any atom is 0.416 e.